The molecule has 2 fully saturated rings. The van der Waals surface area contributed by atoms with E-state index in [0.29, 0.717) is 5.92 Å². The molecule has 4 atom stereocenters. The van der Waals surface area contributed by atoms with Gasteiger partial charge in [-0.3, -0.25) is 0 Å². The van der Waals surface area contributed by atoms with Gasteiger partial charge in [-0.25, -0.2) is 0 Å². The predicted molar refractivity (Wildman–Crippen MR) is 301 cm³/mol. The molecular formula is C70H52N2. The van der Waals surface area contributed by atoms with E-state index in [1.165, 1.54) is 114 Å². The molecule has 0 amide bonds. The van der Waals surface area contributed by atoms with Crippen molar-refractivity contribution < 1.29 is 0 Å². The Morgan fingerprint density at radius 1 is 0.319 bits per heavy atom. The zero-order valence-corrected chi connectivity index (χ0v) is 40.1. The van der Waals surface area contributed by atoms with Crippen molar-refractivity contribution in [2.24, 2.45) is 11.8 Å². The molecule has 72 heavy (non-hydrogen) atoms. The minimum atomic E-state index is -0.585. The summed E-state index contributed by atoms with van der Waals surface area (Å²) in [5.41, 5.74) is 20.6. The number of rotatable bonds is 8. The third-order valence-electron chi connectivity index (χ3n) is 17.1. The molecule has 4 aliphatic carbocycles. The van der Waals surface area contributed by atoms with Crippen molar-refractivity contribution in [1.82, 2.24) is 0 Å². The van der Waals surface area contributed by atoms with Crippen molar-refractivity contribution >= 4 is 55.7 Å². The number of para-hydroxylation sites is 1. The average molecular weight is 921 g/mol. The van der Waals surface area contributed by atoms with Gasteiger partial charge in [-0.15, -0.1) is 0 Å². The van der Waals surface area contributed by atoms with Crippen LogP contribution in [0.5, 0.6) is 0 Å². The maximum Gasteiger partial charge on any atom is 0.0727 e. The van der Waals surface area contributed by atoms with Crippen LogP contribution in [-0.2, 0) is 5.41 Å². The van der Waals surface area contributed by atoms with Crippen molar-refractivity contribution in [1.29, 1.82) is 0 Å². The fraction of sp³-hybridized carbons (Fsp3) is 0.114. The van der Waals surface area contributed by atoms with Crippen LogP contribution in [0.3, 0.4) is 0 Å². The van der Waals surface area contributed by atoms with Crippen molar-refractivity contribution in [2.45, 2.75) is 37.0 Å². The Hall–Kier alpha value is -8.46. The summed E-state index contributed by atoms with van der Waals surface area (Å²) in [7, 11) is 0. The summed E-state index contributed by atoms with van der Waals surface area (Å²) in [4.78, 5) is 5.00. The largest absolute Gasteiger partial charge is 0.310 e. The van der Waals surface area contributed by atoms with Crippen LogP contribution in [0.15, 0.2) is 249 Å². The lowest BCUT2D eigenvalue weighted by molar-refractivity contribution is 0.420. The summed E-state index contributed by atoms with van der Waals surface area (Å²) < 4.78 is 0. The van der Waals surface area contributed by atoms with E-state index in [0.717, 1.165) is 40.3 Å². The Kier molecular flexibility index (Phi) is 9.36. The van der Waals surface area contributed by atoms with Gasteiger partial charge in [-0.1, -0.05) is 182 Å². The monoisotopic (exact) mass is 920 g/mol. The van der Waals surface area contributed by atoms with Gasteiger partial charge in [0.05, 0.1) is 11.1 Å². The van der Waals surface area contributed by atoms with Crippen LogP contribution in [0.2, 0.25) is 0 Å². The number of benzene rings is 11. The van der Waals surface area contributed by atoms with Gasteiger partial charge in [0.1, 0.15) is 0 Å². The molecule has 1 spiro atoms. The molecule has 0 radical (unpaired) electrons. The normalized spacial score (nSPS) is 18.8. The van der Waals surface area contributed by atoms with Crippen molar-refractivity contribution in [2.75, 3.05) is 9.80 Å². The molecule has 15 rings (SSSR count). The zero-order chi connectivity index (χ0) is 47.3. The standard InChI is InChI=1S/C70H52N2/c1-3-16-48(17-4-1)64-42-51-19-9-10-20-52(51)43-69(64)72(56-34-29-47-15-7-8-18-50(47)41-56)58-36-38-62-60-24-12-14-26-66(60)70(68(62)45-58)65-25-13-11-23-59(65)61-37-35-57(44-67(61)70)71(54-21-5-2-6-22-54)55-32-30-49(31-33-55)63-40-46-27-28-53(63)39-46/h1-26,29-38,41-46,53,63H,27-28,39-40H2. The van der Waals surface area contributed by atoms with E-state index >= 15 is 0 Å². The maximum absolute atomic E-state index is 2.54. The van der Waals surface area contributed by atoms with E-state index in [-0.39, 0.29) is 0 Å². The summed E-state index contributed by atoms with van der Waals surface area (Å²) in [5, 5.41) is 4.86. The number of hydrogen-bond donors (Lipinski definition) is 0. The van der Waals surface area contributed by atoms with E-state index in [4.69, 9.17) is 0 Å². The van der Waals surface area contributed by atoms with Crippen molar-refractivity contribution in [3.8, 4) is 33.4 Å². The van der Waals surface area contributed by atoms with Gasteiger partial charge in [0.25, 0.3) is 0 Å². The minimum absolute atomic E-state index is 0.585. The molecule has 4 aliphatic rings. The second-order valence-electron chi connectivity index (χ2n) is 20.8. The lowest BCUT2D eigenvalue weighted by Crippen LogP contribution is -2.26. The first-order valence-electron chi connectivity index (χ1n) is 26.0. The van der Waals surface area contributed by atoms with Crippen molar-refractivity contribution in [3.05, 3.63) is 277 Å². The Morgan fingerprint density at radius 3 is 1.46 bits per heavy atom. The quantitative estimate of drug-likeness (QED) is 0.150. The first-order chi connectivity index (χ1) is 35.7. The molecule has 342 valence electrons. The highest BCUT2D eigenvalue weighted by Crippen LogP contribution is 2.64. The summed E-state index contributed by atoms with van der Waals surface area (Å²) >= 11 is 0. The van der Waals surface area contributed by atoms with Crippen LogP contribution in [0.25, 0.3) is 54.9 Å². The van der Waals surface area contributed by atoms with Crippen molar-refractivity contribution in [3.63, 3.8) is 0 Å². The molecule has 2 heteroatoms. The van der Waals surface area contributed by atoms with Crippen LogP contribution in [0.4, 0.5) is 34.1 Å². The molecular weight excluding hydrogens is 869 g/mol. The van der Waals surface area contributed by atoms with E-state index in [1.807, 2.05) is 0 Å². The van der Waals surface area contributed by atoms with E-state index in [1.54, 1.807) is 0 Å². The Bertz CT molecular complexity index is 3900. The van der Waals surface area contributed by atoms with E-state index in [9.17, 15) is 0 Å². The fourth-order valence-electron chi connectivity index (χ4n) is 13.9. The first kappa shape index (κ1) is 41.3. The zero-order valence-electron chi connectivity index (χ0n) is 40.1. The molecule has 2 nitrogen and oxygen atoms in total. The predicted octanol–water partition coefficient (Wildman–Crippen LogP) is 18.8. The van der Waals surface area contributed by atoms with Gasteiger partial charge < -0.3 is 9.80 Å². The van der Waals surface area contributed by atoms with Gasteiger partial charge in [-0.2, -0.15) is 0 Å². The number of hydrogen-bond acceptors (Lipinski definition) is 2. The van der Waals surface area contributed by atoms with Gasteiger partial charge in [0.2, 0.25) is 0 Å². The van der Waals surface area contributed by atoms with Gasteiger partial charge in [0.15, 0.2) is 0 Å². The second kappa shape index (κ2) is 16.3. The lowest BCUT2D eigenvalue weighted by atomic mass is 9.70. The summed E-state index contributed by atoms with van der Waals surface area (Å²) in [5.74, 6) is 2.45. The molecule has 0 N–H and O–H groups in total. The summed E-state index contributed by atoms with van der Waals surface area (Å²) in [6.07, 6.45) is 5.57. The molecule has 0 aromatic heterocycles. The molecule has 4 unspecified atom stereocenters. The maximum atomic E-state index is 2.54. The molecule has 2 saturated carbocycles. The smallest absolute Gasteiger partial charge is 0.0727 e. The van der Waals surface area contributed by atoms with Crippen LogP contribution in [0, 0.1) is 11.8 Å². The number of nitrogens with zero attached hydrogens (tertiary/aromatic N) is 2. The summed E-state index contributed by atoms with van der Waals surface area (Å²) in [6, 6.07) is 93.8. The topological polar surface area (TPSA) is 6.48 Å². The van der Waals surface area contributed by atoms with Crippen LogP contribution in [-0.4, -0.2) is 0 Å². The summed E-state index contributed by atoms with van der Waals surface area (Å²) in [6.45, 7) is 0. The highest BCUT2D eigenvalue weighted by atomic mass is 15.1. The molecule has 0 heterocycles. The molecule has 0 aliphatic heterocycles. The number of fused-ring (bicyclic) bond motifs is 14. The fourth-order valence-corrected chi connectivity index (χ4v) is 13.9. The van der Waals surface area contributed by atoms with E-state index in [2.05, 4.69) is 259 Å². The lowest BCUT2D eigenvalue weighted by Gasteiger charge is -2.34. The Labute approximate surface area is 422 Å². The number of anilines is 6. The van der Waals surface area contributed by atoms with Crippen LogP contribution < -0.4 is 9.80 Å². The van der Waals surface area contributed by atoms with E-state index < -0.39 is 5.41 Å². The third-order valence-corrected chi connectivity index (χ3v) is 17.1. The second-order valence-corrected chi connectivity index (χ2v) is 20.8. The molecule has 0 saturated heterocycles. The van der Waals surface area contributed by atoms with Crippen LogP contribution >= 0.6 is 0 Å². The Balaban J connectivity index is 0.960. The SMILES string of the molecule is c1ccc(-c2cc3ccccc3cc2N(c2ccc3c(c2)C2(c4ccccc4-c4ccc(N(c5ccccc5)c5ccc(C6CC7CCC6C7)cc5)cc42)c2ccccc2-3)c2ccc3ccccc3c2)cc1. The Morgan fingerprint density at radius 2 is 0.819 bits per heavy atom. The average Bonchev–Trinajstić information content (AvgIpc) is 4.23. The minimum Gasteiger partial charge on any atom is -0.310 e. The molecule has 11 aromatic carbocycles. The van der Waals surface area contributed by atoms with Gasteiger partial charge in [-0.05, 0) is 187 Å². The molecule has 2 bridgehead atoms. The van der Waals surface area contributed by atoms with Gasteiger partial charge in [0, 0.05) is 34.0 Å². The molecule has 11 aromatic rings. The van der Waals surface area contributed by atoms with Gasteiger partial charge >= 0.3 is 0 Å². The third kappa shape index (κ3) is 6.28. The highest BCUT2D eigenvalue weighted by molar-refractivity contribution is 6.02. The highest BCUT2D eigenvalue weighted by Gasteiger charge is 2.52. The first-order valence-corrected chi connectivity index (χ1v) is 26.0. The van der Waals surface area contributed by atoms with Crippen LogP contribution in [0.1, 0.15) is 59.4 Å².